The van der Waals surface area contributed by atoms with Crippen LogP contribution < -0.4 is 5.32 Å². The maximum absolute atomic E-state index is 12.9. The third-order valence-electron chi connectivity index (χ3n) is 4.75. The molecule has 0 spiro atoms. The molecule has 1 atom stereocenters. The van der Waals surface area contributed by atoms with Gasteiger partial charge in [-0.05, 0) is 37.1 Å². The van der Waals surface area contributed by atoms with Gasteiger partial charge in [-0.2, -0.15) is 18.3 Å². The van der Waals surface area contributed by atoms with Gasteiger partial charge in [-0.15, -0.1) is 5.10 Å². The minimum atomic E-state index is -4.42. The maximum Gasteiger partial charge on any atom is 0.416 e. The summed E-state index contributed by atoms with van der Waals surface area (Å²) in [7, 11) is 0. The van der Waals surface area contributed by atoms with Crippen LogP contribution in [0.15, 0.2) is 75.3 Å². The molecule has 0 bridgehead atoms. The molecule has 0 saturated carbocycles. The monoisotopic (exact) mass is 457 g/mol. The van der Waals surface area contributed by atoms with Crippen molar-refractivity contribution in [2.75, 3.05) is 0 Å². The van der Waals surface area contributed by atoms with Crippen molar-refractivity contribution >= 4 is 29.1 Å². The topological polar surface area (TPSA) is 67.0 Å². The maximum atomic E-state index is 12.9. The lowest BCUT2D eigenvalue weighted by Gasteiger charge is -2.10. The number of halogens is 3. The van der Waals surface area contributed by atoms with Gasteiger partial charge in [-0.3, -0.25) is 4.79 Å². The molecule has 0 unspecified atom stereocenters. The summed E-state index contributed by atoms with van der Waals surface area (Å²) in [5.41, 5.74) is 1.79. The van der Waals surface area contributed by atoms with Crippen LogP contribution in [0.2, 0.25) is 0 Å². The first kappa shape index (κ1) is 21.9. The van der Waals surface area contributed by atoms with E-state index in [-0.39, 0.29) is 17.5 Å². The lowest BCUT2D eigenvalue weighted by atomic mass is 10.1. The Bertz CT molecular complexity index is 1180. The van der Waals surface area contributed by atoms with E-state index in [4.69, 9.17) is 4.42 Å². The van der Waals surface area contributed by atoms with E-state index in [2.05, 4.69) is 15.5 Å². The highest BCUT2D eigenvalue weighted by molar-refractivity contribution is 8.15. The van der Waals surface area contributed by atoms with E-state index < -0.39 is 17.0 Å². The number of carbonyl (C=O) groups excluding carboxylic acids is 1. The zero-order valence-corrected chi connectivity index (χ0v) is 17.7. The van der Waals surface area contributed by atoms with Crippen LogP contribution in [0.4, 0.5) is 13.2 Å². The van der Waals surface area contributed by atoms with Gasteiger partial charge in [0.05, 0.1) is 17.0 Å². The number of alkyl halides is 3. The molecule has 0 aliphatic carbocycles. The van der Waals surface area contributed by atoms with Crippen molar-refractivity contribution in [2.24, 2.45) is 10.2 Å². The minimum absolute atomic E-state index is 0.154. The van der Waals surface area contributed by atoms with Crippen LogP contribution in [0.25, 0.3) is 11.3 Å². The van der Waals surface area contributed by atoms with Gasteiger partial charge >= 0.3 is 6.18 Å². The number of hydrogen-bond acceptors (Lipinski definition) is 5. The quantitative estimate of drug-likeness (QED) is 0.410. The van der Waals surface area contributed by atoms with E-state index in [0.717, 1.165) is 35.0 Å². The molecule has 1 aromatic heterocycles. The average molecular weight is 457 g/mol. The summed E-state index contributed by atoms with van der Waals surface area (Å²) in [6.07, 6.45) is -2.84. The van der Waals surface area contributed by atoms with Gasteiger partial charge in [0.25, 0.3) is 0 Å². The molecule has 1 aliphatic heterocycles. The van der Waals surface area contributed by atoms with E-state index in [1.54, 1.807) is 12.1 Å². The number of aryl methyl sites for hydroxylation is 1. The van der Waals surface area contributed by atoms with Gasteiger partial charge in [0, 0.05) is 5.56 Å². The largest absolute Gasteiger partial charge is 0.455 e. The second-order valence-electron chi connectivity index (χ2n) is 7.22. The van der Waals surface area contributed by atoms with Crippen molar-refractivity contribution in [3.63, 3.8) is 0 Å². The summed E-state index contributed by atoms with van der Waals surface area (Å²) in [5, 5.41) is 10.2. The predicted molar refractivity (Wildman–Crippen MR) is 119 cm³/mol. The number of furan rings is 1. The summed E-state index contributed by atoms with van der Waals surface area (Å²) in [5.74, 6) is 0.879. The molecule has 2 aromatic carbocycles. The third kappa shape index (κ3) is 5.28. The first-order valence-electron chi connectivity index (χ1n) is 9.69. The number of rotatable bonds is 5. The van der Waals surface area contributed by atoms with Gasteiger partial charge in [-0.25, -0.2) is 0 Å². The fraction of sp³-hybridized carbons (Fsp3) is 0.174. The van der Waals surface area contributed by atoms with Crippen molar-refractivity contribution in [3.8, 4) is 11.3 Å². The summed E-state index contributed by atoms with van der Waals surface area (Å²) < 4.78 is 44.4. The average Bonchev–Trinajstić information content (AvgIpc) is 3.35. The Labute approximate surface area is 186 Å². The van der Waals surface area contributed by atoms with Crippen LogP contribution >= 0.6 is 11.8 Å². The van der Waals surface area contributed by atoms with Crippen LogP contribution in [0, 0.1) is 6.92 Å². The van der Waals surface area contributed by atoms with Gasteiger partial charge < -0.3 is 9.73 Å². The smallest absolute Gasteiger partial charge is 0.416 e. The molecule has 1 amide bonds. The van der Waals surface area contributed by atoms with E-state index in [9.17, 15) is 18.0 Å². The fourth-order valence-corrected chi connectivity index (χ4v) is 4.07. The summed E-state index contributed by atoms with van der Waals surface area (Å²) in [4.78, 5) is 12.2. The van der Waals surface area contributed by atoms with Crippen molar-refractivity contribution in [1.29, 1.82) is 0 Å². The molecular weight excluding hydrogens is 439 g/mol. The summed E-state index contributed by atoms with van der Waals surface area (Å²) in [6.45, 7) is 2.01. The molecule has 1 saturated heterocycles. The predicted octanol–water partition coefficient (Wildman–Crippen LogP) is 5.44. The van der Waals surface area contributed by atoms with Crippen LogP contribution in [-0.4, -0.2) is 22.5 Å². The molecule has 32 heavy (non-hydrogen) atoms. The van der Waals surface area contributed by atoms with Crippen LogP contribution in [-0.2, 0) is 17.4 Å². The Kier molecular flexibility index (Phi) is 6.18. The highest BCUT2D eigenvalue weighted by Crippen LogP contribution is 2.31. The molecule has 1 aliphatic rings. The zero-order valence-electron chi connectivity index (χ0n) is 16.9. The van der Waals surface area contributed by atoms with Gasteiger partial charge in [0.2, 0.25) is 5.91 Å². The molecule has 9 heteroatoms. The van der Waals surface area contributed by atoms with Gasteiger partial charge in [0.1, 0.15) is 11.5 Å². The molecule has 1 N–H and O–H groups in total. The van der Waals surface area contributed by atoms with E-state index in [0.29, 0.717) is 17.1 Å². The van der Waals surface area contributed by atoms with E-state index in [1.165, 1.54) is 12.3 Å². The van der Waals surface area contributed by atoms with E-state index >= 15 is 0 Å². The standard InChI is InChI=1S/C23H18F3N3O2S/c1-14-5-7-16(8-6-14)19-10-9-18(31-19)13-27-29-22-28-21(30)20(32-22)12-15-3-2-4-17(11-15)23(24,25)26/h2-11,13,20H,12H2,1H3,(H,28,29,30)/b27-13+/t20-/m0/s1. The summed E-state index contributed by atoms with van der Waals surface area (Å²) >= 11 is 1.13. The second kappa shape index (κ2) is 9.04. The SMILES string of the molecule is Cc1ccc(-c2ccc(/C=N/N=C3/NC(=O)[C@H](Cc4cccc(C(F)(F)F)c4)S3)o2)cc1. The second-order valence-corrected chi connectivity index (χ2v) is 8.41. The van der Waals surface area contributed by atoms with Crippen LogP contribution in [0.5, 0.6) is 0 Å². The van der Waals surface area contributed by atoms with Crippen molar-refractivity contribution in [3.05, 3.63) is 83.1 Å². The first-order chi connectivity index (χ1) is 15.3. The Morgan fingerprint density at radius 3 is 2.66 bits per heavy atom. The van der Waals surface area contributed by atoms with Crippen LogP contribution in [0.1, 0.15) is 22.5 Å². The summed E-state index contributed by atoms with van der Waals surface area (Å²) in [6, 6.07) is 16.5. The van der Waals surface area contributed by atoms with E-state index in [1.807, 2.05) is 37.3 Å². The number of nitrogens with zero attached hydrogens (tertiary/aromatic N) is 2. The fourth-order valence-electron chi connectivity index (χ4n) is 3.11. The number of benzene rings is 2. The highest BCUT2D eigenvalue weighted by Gasteiger charge is 2.33. The molecule has 3 aromatic rings. The lowest BCUT2D eigenvalue weighted by molar-refractivity contribution is -0.137. The number of thioether (sulfide) groups is 1. The number of hydrogen-bond donors (Lipinski definition) is 1. The Morgan fingerprint density at radius 2 is 1.91 bits per heavy atom. The Morgan fingerprint density at radius 1 is 1.12 bits per heavy atom. The van der Waals surface area contributed by atoms with Crippen molar-refractivity contribution in [1.82, 2.24) is 5.32 Å². The normalized spacial score (nSPS) is 17.9. The number of amidine groups is 1. The van der Waals surface area contributed by atoms with Gasteiger partial charge in [-0.1, -0.05) is 59.8 Å². The number of nitrogens with one attached hydrogen (secondary N) is 1. The molecule has 2 heterocycles. The third-order valence-corrected chi connectivity index (χ3v) is 5.82. The molecular formula is C23H18F3N3O2S. The number of carbonyl (C=O) groups is 1. The Hall–Kier alpha value is -3.33. The highest BCUT2D eigenvalue weighted by atomic mass is 32.2. The van der Waals surface area contributed by atoms with Crippen LogP contribution in [0.3, 0.4) is 0 Å². The lowest BCUT2D eigenvalue weighted by Crippen LogP contribution is -2.26. The first-order valence-corrected chi connectivity index (χ1v) is 10.6. The molecule has 4 rings (SSSR count). The minimum Gasteiger partial charge on any atom is -0.455 e. The molecule has 164 valence electrons. The Balaban J connectivity index is 1.38. The van der Waals surface area contributed by atoms with Crippen molar-refractivity contribution in [2.45, 2.75) is 24.8 Å². The van der Waals surface area contributed by atoms with Gasteiger partial charge in [0.15, 0.2) is 5.17 Å². The number of amides is 1. The van der Waals surface area contributed by atoms with Crippen molar-refractivity contribution < 1.29 is 22.4 Å². The zero-order chi connectivity index (χ0) is 22.7. The molecule has 1 fully saturated rings. The molecule has 5 nitrogen and oxygen atoms in total. The molecule has 0 radical (unpaired) electrons.